The maximum Gasteiger partial charge on any atom is 0.246 e. The molecule has 0 saturated carbocycles. The molecule has 1 amide bonds. The fourth-order valence-electron chi connectivity index (χ4n) is 2.64. The smallest absolute Gasteiger partial charge is 0.246 e. The highest BCUT2D eigenvalue weighted by atomic mass is 16.2. The first-order valence-electron chi connectivity index (χ1n) is 8.19. The topological polar surface area (TPSA) is 63.1 Å². The minimum absolute atomic E-state index is 0.0762. The van der Waals surface area contributed by atoms with E-state index in [1.807, 2.05) is 72.1 Å². The van der Waals surface area contributed by atoms with Gasteiger partial charge in [-0.15, -0.1) is 0 Å². The van der Waals surface area contributed by atoms with Crippen molar-refractivity contribution in [1.29, 1.82) is 0 Å². The maximum absolute atomic E-state index is 12.8. The van der Waals surface area contributed by atoms with Gasteiger partial charge in [0.25, 0.3) is 0 Å². The van der Waals surface area contributed by atoms with Crippen LogP contribution < -0.4 is 5.32 Å². The Labute approximate surface area is 147 Å². The second-order valence-electron chi connectivity index (χ2n) is 5.75. The molecule has 3 aromatic rings. The molecule has 0 aliphatic heterocycles. The number of benzene rings is 1. The molecule has 3 rings (SSSR count). The lowest BCUT2D eigenvalue weighted by atomic mass is 10.0. The molecule has 1 atom stereocenters. The van der Waals surface area contributed by atoms with E-state index in [0.717, 1.165) is 17.9 Å². The van der Waals surface area contributed by atoms with Gasteiger partial charge >= 0.3 is 0 Å². The molecule has 0 aliphatic carbocycles. The zero-order chi connectivity index (χ0) is 17.6. The third kappa shape index (κ3) is 3.92. The third-order valence-corrected chi connectivity index (χ3v) is 4.09. The van der Waals surface area contributed by atoms with E-state index in [9.17, 15) is 4.79 Å². The molecule has 2 heterocycles. The highest BCUT2D eigenvalue weighted by molar-refractivity contribution is 5.95. The standard InChI is InChI=1S/C19H21N5O/c1-3-23(2)18(15-7-5-4-6-8-15)19(25)22-16-9-10-17(21-13-16)24-12-11-20-14-24/h4-14,18H,3H2,1-2H3,(H,22,25)/t18-/m0/s1. The molecule has 1 aromatic carbocycles. The number of pyridine rings is 1. The summed E-state index contributed by atoms with van der Waals surface area (Å²) >= 11 is 0. The van der Waals surface area contributed by atoms with Crippen LogP contribution >= 0.6 is 0 Å². The molecule has 1 N–H and O–H groups in total. The van der Waals surface area contributed by atoms with Gasteiger partial charge in [-0.3, -0.25) is 14.3 Å². The molecule has 0 fully saturated rings. The third-order valence-electron chi connectivity index (χ3n) is 4.09. The Balaban J connectivity index is 1.77. The highest BCUT2D eigenvalue weighted by Crippen LogP contribution is 2.21. The van der Waals surface area contributed by atoms with Crippen LogP contribution in [0.5, 0.6) is 0 Å². The summed E-state index contributed by atoms with van der Waals surface area (Å²) in [7, 11) is 1.94. The fourth-order valence-corrected chi connectivity index (χ4v) is 2.64. The summed E-state index contributed by atoms with van der Waals surface area (Å²) < 4.78 is 1.81. The van der Waals surface area contributed by atoms with Crippen LogP contribution in [0.2, 0.25) is 0 Å². The Morgan fingerprint density at radius 2 is 2.04 bits per heavy atom. The van der Waals surface area contributed by atoms with Gasteiger partial charge in [0.2, 0.25) is 5.91 Å². The van der Waals surface area contributed by atoms with Crippen LogP contribution in [-0.4, -0.2) is 38.9 Å². The summed E-state index contributed by atoms with van der Waals surface area (Å²) in [6.07, 6.45) is 6.86. The van der Waals surface area contributed by atoms with Crippen molar-refractivity contribution in [1.82, 2.24) is 19.4 Å². The van der Waals surface area contributed by atoms with Crippen molar-refractivity contribution in [2.45, 2.75) is 13.0 Å². The summed E-state index contributed by atoms with van der Waals surface area (Å²) in [4.78, 5) is 23.2. The molecular weight excluding hydrogens is 314 g/mol. The summed E-state index contributed by atoms with van der Waals surface area (Å²) in [5.41, 5.74) is 1.63. The van der Waals surface area contributed by atoms with Gasteiger partial charge in [0.1, 0.15) is 18.2 Å². The van der Waals surface area contributed by atoms with E-state index in [1.165, 1.54) is 0 Å². The first-order valence-corrected chi connectivity index (χ1v) is 8.19. The maximum atomic E-state index is 12.8. The lowest BCUT2D eigenvalue weighted by Crippen LogP contribution is -2.34. The zero-order valence-electron chi connectivity index (χ0n) is 14.3. The average molecular weight is 335 g/mol. The minimum atomic E-state index is -0.348. The van der Waals surface area contributed by atoms with Crippen molar-refractivity contribution in [2.24, 2.45) is 0 Å². The van der Waals surface area contributed by atoms with Gasteiger partial charge in [-0.1, -0.05) is 37.3 Å². The molecule has 0 radical (unpaired) electrons. The second kappa shape index (κ2) is 7.72. The first kappa shape index (κ1) is 16.9. The van der Waals surface area contributed by atoms with Crippen molar-refractivity contribution >= 4 is 11.6 Å². The largest absolute Gasteiger partial charge is 0.323 e. The van der Waals surface area contributed by atoms with Gasteiger partial charge in [-0.25, -0.2) is 9.97 Å². The quantitative estimate of drug-likeness (QED) is 0.752. The SMILES string of the molecule is CCN(C)[C@H](C(=O)Nc1ccc(-n2ccnc2)nc1)c1ccccc1. The minimum Gasteiger partial charge on any atom is -0.323 e. The Hall–Kier alpha value is -2.99. The van der Waals surface area contributed by atoms with Crippen LogP contribution in [0.4, 0.5) is 5.69 Å². The number of hydrogen-bond acceptors (Lipinski definition) is 4. The van der Waals surface area contributed by atoms with Gasteiger partial charge in [0.05, 0.1) is 11.9 Å². The Morgan fingerprint density at radius 1 is 1.24 bits per heavy atom. The lowest BCUT2D eigenvalue weighted by Gasteiger charge is -2.26. The summed E-state index contributed by atoms with van der Waals surface area (Å²) in [5, 5.41) is 2.96. The molecule has 25 heavy (non-hydrogen) atoms. The molecule has 128 valence electrons. The number of rotatable bonds is 6. The van der Waals surface area contributed by atoms with Gasteiger partial charge in [0, 0.05) is 12.4 Å². The van der Waals surface area contributed by atoms with Crippen molar-refractivity contribution < 1.29 is 4.79 Å². The number of imidazole rings is 1. The van der Waals surface area contributed by atoms with E-state index in [2.05, 4.69) is 15.3 Å². The van der Waals surface area contributed by atoms with E-state index in [-0.39, 0.29) is 11.9 Å². The monoisotopic (exact) mass is 335 g/mol. The predicted octanol–water partition coefficient (Wildman–Crippen LogP) is 2.90. The van der Waals surface area contributed by atoms with Crippen LogP contribution in [0.25, 0.3) is 5.82 Å². The number of anilines is 1. The highest BCUT2D eigenvalue weighted by Gasteiger charge is 2.24. The van der Waals surface area contributed by atoms with Crippen LogP contribution in [0.3, 0.4) is 0 Å². The zero-order valence-corrected chi connectivity index (χ0v) is 14.3. The molecule has 0 spiro atoms. The average Bonchev–Trinajstić information content (AvgIpc) is 3.18. The first-order chi connectivity index (χ1) is 12.2. The molecule has 6 heteroatoms. The summed E-state index contributed by atoms with van der Waals surface area (Å²) in [6, 6.07) is 13.1. The van der Waals surface area contributed by atoms with E-state index < -0.39 is 0 Å². The lowest BCUT2D eigenvalue weighted by molar-refractivity contribution is -0.121. The van der Waals surface area contributed by atoms with E-state index in [0.29, 0.717) is 5.69 Å². The Bertz CT molecular complexity index is 800. The number of carbonyl (C=O) groups excluding carboxylic acids is 1. The molecule has 6 nitrogen and oxygen atoms in total. The second-order valence-corrected chi connectivity index (χ2v) is 5.75. The van der Waals surface area contributed by atoms with Crippen LogP contribution in [-0.2, 0) is 4.79 Å². The molecule has 0 bridgehead atoms. The van der Waals surface area contributed by atoms with E-state index >= 15 is 0 Å². The number of hydrogen-bond donors (Lipinski definition) is 1. The number of carbonyl (C=O) groups is 1. The summed E-state index contributed by atoms with van der Waals surface area (Å²) in [6.45, 7) is 2.80. The Kier molecular flexibility index (Phi) is 5.20. The van der Waals surface area contributed by atoms with Crippen LogP contribution in [0, 0.1) is 0 Å². The van der Waals surface area contributed by atoms with Gasteiger partial charge in [0.15, 0.2) is 0 Å². The summed E-state index contributed by atoms with van der Waals surface area (Å²) in [5.74, 6) is 0.675. The van der Waals surface area contributed by atoms with Crippen LogP contribution in [0.15, 0.2) is 67.4 Å². The van der Waals surface area contributed by atoms with Gasteiger partial charge in [-0.05, 0) is 31.3 Å². The molecule has 0 saturated heterocycles. The van der Waals surface area contributed by atoms with E-state index in [1.54, 1.807) is 18.7 Å². The molecule has 0 aliphatic rings. The number of nitrogens with one attached hydrogen (secondary N) is 1. The number of aromatic nitrogens is 3. The molecular formula is C19H21N5O. The van der Waals surface area contributed by atoms with E-state index in [4.69, 9.17) is 0 Å². The van der Waals surface area contributed by atoms with Crippen molar-refractivity contribution in [3.63, 3.8) is 0 Å². The normalized spacial score (nSPS) is 12.1. The molecule has 2 aromatic heterocycles. The Morgan fingerprint density at radius 3 is 2.64 bits per heavy atom. The van der Waals surface area contributed by atoms with Crippen molar-refractivity contribution in [2.75, 3.05) is 18.9 Å². The van der Waals surface area contributed by atoms with Gasteiger partial charge in [-0.2, -0.15) is 0 Å². The number of nitrogens with zero attached hydrogens (tertiary/aromatic N) is 4. The predicted molar refractivity (Wildman–Crippen MR) is 97.5 cm³/mol. The number of amides is 1. The van der Waals surface area contributed by atoms with Crippen LogP contribution in [0.1, 0.15) is 18.5 Å². The van der Waals surface area contributed by atoms with Crippen molar-refractivity contribution in [3.05, 3.63) is 72.9 Å². The van der Waals surface area contributed by atoms with Crippen molar-refractivity contribution in [3.8, 4) is 5.82 Å². The fraction of sp³-hybridized carbons (Fsp3) is 0.211. The number of likely N-dealkylation sites (N-methyl/N-ethyl adjacent to an activating group) is 1. The van der Waals surface area contributed by atoms with Gasteiger partial charge < -0.3 is 5.32 Å². The molecule has 0 unspecified atom stereocenters.